The van der Waals surface area contributed by atoms with E-state index >= 15 is 0 Å². The monoisotopic (exact) mass is 348 g/mol. The number of hydrogen-bond donors (Lipinski definition) is 1. The highest BCUT2D eigenvalue weighted by Gasteiger charge is 2.39. The Balaban J connectivity index is 1.81. The number of nitrogens with zero attached hydrogens (tertiary/aromatic N) is 1. The van der Waals surface area contributed by atoms with Crippen molar-refractivity contribution in [3.8, 4) is 0 Å². The van der Waals surface area contributed by atoms with Gasteiger partial charge in [-0.2, -0.15) is 0 Å². The number of benzene rings is 2. The lowest BCUT2D eigenvalue weighted by Gasteiger charge is -2.40. The number of ether oxygens (including phenoxy) is 1. The second-order valence-electron chi connectivity index (χ2n) is 6.89. The van der Waals surface area contributed by atoms with Gasteiger partial charge in [0.2, 0.25) is 0 Å². The molecule has 4 heteroatoms. The number of carbonyl (C=O) groups is 1. The molecule has 2 heterocycles. The summed E-state index contributed by atoms with van der Waals surface area (Å²) < 4.78 is 5.16. The Labute approximate surface area is 153 Å². The van der Waals surface area contributed by atoms with Crippen LogP contribution in [0.4, 0.5) is 0 Å². The van der Waals surface area contributed by atoms with Gasteiger partial charge in [0.1, 0.15) is 6.04 Å². The highest BCUT2D eigenvalue weighted by molar-refractivity contribution is 5.87. The molecule has 0 bridgehead atoms. The number of aromatic nitrogens is 1. The Morgan fingerprint density at radius 1 is 1.15 bits per heavy atom. The van der Waals surface area contributed by atoms with Gasteiger partial charge in [0, 0.05) is 29.6 Å². The zero-order chi connectivity index (χ0) is 18.1. The minimum atomic E-state index is -0.267. The molecule has 1 N–H and O–H groups in total. The van der Waals surface area contributed by atoms with Crippen molar-refractivity contribution in [3.63, 3.8) is 0 Å². The van der Waals surface area contributed by atoms with Gasteiger partial charge in [-0.15, -0.1) is 0 Å². The normalized spacial score (nSPS) is 20.1. The number of carbonyl (C=O) groups excluding carboxylic acids is 1. The largest absolute Gasteiger partial charge is 0.468 e. The molecule has 0 aliphatic carbocycles. The smallest absolute Gasteiger partial charge is 0.323 e. The van der Waals surface area contributed by atoms with Gasteiger partial charge in [-0.1, -0.05) is 55.5 Å². The second kappa shape index (κ2) is 6.96. The molecular formula is C22H24N2O2. The lowest BCUT2D eigenvalue weighted by molar-refractivity contribution is -0.149. The van der Waals surface area contributed by atoms with Gasteiger partial charge in [-0.25, -0.2) is 0 Å². The molecule has 2 atom stereocenters. The van der Waals surface area contributed by atoms with Crippen LogP contribution in [0.25, 0.3) is 10.9 Å². The van der Waals surface area contributed by atoms with Crippen LogP contribution in [0.5, 0.6) is 0 Å². The Kier molecular flexibility index (Phi) is 4.51. The van der Waals surface area contributed by atoms with Crippen LogP contribution in [-0.4, -0.2) is 29.0 Å². The molecule has 4 nitrogen and oxygen atoms in total. The molecule has 3 aromatic rings. The highest BCUT2D eigenvalue weighted by atomic mass is 16.5. The van der Waals surface area contributed by atoms with E-state index in [2.05, 4.69) is 47.1 Å². The van der Waals surface area contributed by atoms with Gasteiger partial charge >= 0.3 is 5.97 Å². The van der Waals surface area contributed by atoms with Gasteiger partial charge in [-0.3, -0.25) is 9.69 Å². The number of hydrogen-bond acceptors (Lipinski definition) is 3. The summed E-state index contributed by atoms with van der Waals surface area (Å²) in [5, 5.41) is 1.22. The number of H-pyrrole nitrogens is 1. The van der Waals surface area contributed by atoms with Crippen molar-refractivity contribution >= 4 is 16.9 Å². The molecule has 1 aliphatic rings. The van der Waals surface area contributed by atoms with E-state index in [9.17, 15) is 4.79 Å². The van der Waals surface area contributed by atoms with Crippen LogP contribution >= 0.6 is 0 Å². The van der Waals surface area contributed by atoms with E-state index in [0.717, 1.165) is 18.5 Å². The fraction of sp³-hybridized carbons (Fsp3) is 0.318. The molecular weight excluding hydrogens is 324 g/mol. The third-order valence-electron chi connectivity index (χ3n) is 5.45. The quantitative estimate of drug-likeness (QED) is 0.718. The van der Waals surface area contributed by atoms with Crippen LogP contribution < -0.4 is 0 Å². The summed E-state index contributed by atoms with van der Waals surface area (Å²) in [6.07, 6.45) is 1.61. The van der Waals surface area contributed by atoms with Crippen LogP contribution in [-0.2, 0) is 22.5 Å². The first-order valence-corrected chi connectivity index (χ1v) is 9.20. The number of methoxy groups -OCH3 is 1. The third kappa shape index (κ3) is 2.80. The lowest BCUT2D eigenvalue weighted by atomic mass is 9.90. The summed E-state index contributed by atoms with van der Waals surface area (Å²) in [5.74, 6) is -0.157. The molecule has 0 amide bonds. The summed E-state index contributed by atoms with van der Waals surface area (Å²) in [6, 6.07) is 18.6. The Bertz CT molecular complexity index is 916. The predicted octanol–water partition coefficient (Wildman–Crippen LogP) is 4.22. The summed E-state index contributed by atoms with van der Waals surface area (Å²) in [6.45, 7) is 2.91. The predicted molar refractivity (Wildman–Crippen MR) is 103 cm³/mol. The van der Waals surface area contributed by atoms with Gasteiger partial charge in [-0.05, 0) is 23.6 Å². The first-order valence-electron chi connectivity index (χ1n) is 9.20. The van der Waals surface area contributed by atoms with Crippen LogP contribution in [0.1, 0.15) is 36.2 Å². The van der Waals surface area contributed by atoms with Crippen LogP contribution in [0.3, 0.4) is 0 Å². The van der Waals surface area contributed by atoms with E-state index in [1.807, 2.05) is 24.3 Å². The first kappa shape index (κ1) is 16.9. The molecule has 2 aromatic carbocycles. The average Bonchev–Trinajstić information content (AvgIpc) is 3.06. The SMILES string of the molecule is CC[C@H]1c2[nH]c3ccccc3c2C[C@@H](C(=O)OC)N1Cc1ccccc1. The molecule has 134 valence electrons. The maximum Gasteiger partial charge on any atom is 0.323 e. The van der Waals surface area contributed by atoms with Crippen molar-refractivity contribution in [2.75, 3.05) is 7.11 Å². The number of fused-ring (bicyclic) bond motifs is 3. The van der Waals surface area contributed by atoms with Crippen molar-refractivity contribution in [2.45, 2.75) is 38.4 Å². The second-order valence-corrected chi connectivity index (χ2v) is 6.89. The van der Waals surface area contributed by atoms with Crippen molar-refractivity contribution < 1.29 is 9.53 Å². The Hall–Kier alpha value is -2.59. The average molecular weight is 348 g/mol. The molecule has 0 spiro atoms. The summed E-state index contributed by atoms with van der Waals surface area (Å²) in [5.41, 5.74) is 4.84. The minimum Gasteiger partial charge on any atom is -0.468 e. The minimum absolute atomic E-state index is 0.157. The van der Waals surface area contributed by atoms with Gasteiger partial charge < -0.3 is 9.72 Å². The maximum absolute atomic E-state index is 12.6. The van der Waals surface area contributed by atoms with Crippen LogP contribution in [0, 0.1) is 0 Å². The fourth-order valence-corrected chi connectivity index (χ4v) is 4.23. The zero-order valence-corrected chi connectivity index (χ0v) is 15.2. The first-order chi connectivity index (χ1) is 12.7. The molecule has 0 fully saturated rings. The van der Waals surface area contributed by atoms with Crippen molar-refractivity contribution in [1.82, 2.24) is 9.88 Å². The van der Waals surface area contributed by atoms with Crippen LogP contribution in [0.15, 0.2) is 54.6 Å². The van der Waals surface area contributed by atoms with Crippen molar-refractivity contribution in [3.05, 3.63) is 71.4 Å². The number of rotatable bonds is 4. The van der Waals surface area contributed by atoms with Crippen molar-refractivity contribution in [2.24, 2.45) is 0 Å². The number of para-hydroxylation sites is 1. The molecule has 26 heavy (non-hydrogen) atoms. The van der Waals surface area contributed by atoms with Crippen LogP contribution in [0.2, 0.25) is 0 Å². The van der Waals surface area contributed by atoms with E-state index in [1.54, 1.807) is 0 Å². The molecule has 0 saturated carbocycles. The number of aromatic amines is 1. The molecule has 0 radical (unpaired) electrons. The summed E-state index contributed by atoms with van der Waals surface area (Å²) in [4.78, 5) is 18.5. The molecule has 1 aromatic heterocycles. The fourth-order valence-electron chi connectivity index (χ4n) is 4.23. The van der Waals surface area contributed by atoms with E-state index in [1.165, 1.54) is 29.3 Å². The summed E-state index contributed by atoms with van der Waals surface area (Å²) in [7, 11) is 1.48. The van der Waals surface area contributed by atoms with E-state index < -0.39 is 0 Å². The molecule has 1 aliphatic heterocycles. The number of esters is 1. The molecule has 0 unspecified atom stereocenters. The third-order valence-corrected chi connectivity index (χ3v) is 5.45. The van der Waals surface area contributed by atoms with Gasteiger partial charge in [0.25, 0.3) is 0 Å². The summed E-state index contributed by atoms with van der Waals surface area (Å²) >= 11 is 0. The van der Waals surface area contributed by atoms with Gasteiger partial charge in [0.05, 0.1) is 13.2 Å². The standard InChI is InChI=1S/C22H24N2O2/c1-3-19-21-17(16-11-7-8-12-18(16)23-21)13-20(22(25)26-2)24(19)14-15-9-5-4-6-10-15/h4-12,19-20,23H,3,13-14H2,1-2H3/t19-,20-/m0/s1. The van der Waals surface area contributed by atoms with Crippen molar-refractivity contribution in [1.29, 1.82) is 0 Å². The maximum atomic E-state index is 12.6. The Morgan fingerprint density at radius 2 is 1.88 bits per heavy atom. The highest BCUT2D eigenvalue weighted by Crippen LogP contribution is 2.39. The molecule has 0 saturated heterocycles. The number of nitrogens with one attached hydrogen (secondary N) is 1. The van der Waals surface area contributed by atoms with E-state index in [4.69, 9.17) is 4.74 Å². The van der Waals surface area contributed by atoms with E-state index in [-0.39, 0.29) is 18.1 Å². The topological polar surface area (TPSA) is 45.3 Å². The zero-order valence-electron chi connectivity index (χ0n) is 15.2. The lowest BCUT2D eigenvalue weighted by Crippen LogP contribution is -2.48. The van der Waals surface area contributed by atoms with E-state index in [0.29, 0.717) is 6.42 Å². The van der Waals surface area contributed by atoms with Gasteiger partial charge in [0.15, 0.2) is 0 Å². The Morgan fingerprint density at radius 3 is 2.62 bits per heavy atom. The molecule has 4 rings (SSSR count).